The predicted molar refractivity (Wildman–Crippen MR) is 154 cm³/mol. The average molecular weight is 584 g/mol. The maximum absolute atomic E-state index is 12.9. The number of aliphatic carboxylic acids is 1. The van der Waals surface area contributed by atoms with Crippen LogP contribution in [-0.2, 0) is 17.9 Å². The highest BCUT2D eigenvalue weighted by Gasteiger charge is 2.38. The van der Waals surface area contributed by atoms with Gasteiger partial charge in [-0.1, -0.05) is 48.5 Å². The number of hydrogen-bond acceptors (Lipinski definition) is 6. The van der Waals surface area contributed by atoms with Crippen molar-refractivity contribution in [2.75, 3.05) is 25.5 Å². The van der Waals surface area contributed by atoms with Crippen LogP contribution in [0, 0.1) is 0 Å². The van der Waals surface area contributed by atoms with Gasteiger partial charge < -0.3 is 25.0 Å². The first-order valence-electron chi connectivity index (χ1n) is 13.3. The number of alkyl halides is 3. The number of nitrogens with zero attached hydrogens (tertiary/aromatic N) is 3. The van der Waals surface area contributed by atoms with Gasteiger partial charge >= 0.3 is 12.1 Å². The highest BCUT2D eigenvalue weighted by atomic mass is 19.4. The highest BCUT2D eigenvalue weighted by Crippen LogP contribution is 2.29. The van der Waals surface area contributed by atoms with Crippen molar-refractivity contribution in [1.82, 2.24) is 19.4 Å². The number of nitrogens with one attached hydrogen (secondary N) is 2. The van der Waals surface area contributed by atoms with Crippen LogP contribution < -0.4 is 15.6 Å². The minimum absolute atomic E-state index is 0.0887. The summed E-state index contributed by atoms with van der Waals surface area (Å²) >= 11 is 0. The van der Waals surface area contributed by atoms with E-state index >= 15 is 0 Å². The maximum atomic E-state index is 12.9. The molecule has 0 bridgehead atoms. The zero-order valence-electron chi connectivity index (χ0n) is 23.0. The first-order valence-corrected chi connectivity index (χ1v) is 13.3. The molecule has 1 saturated heterocycles. The molecule has 9 nitrogen and oxygen atoms in total. The van der Waals surface area contributed by atoms with Crippen molar-refractivity contribution in [2.24, 2.45) is 0 Å². The standard InChI is InChI=1S/C28H31N5O2.C2HF3O2/c1-3-15-33-27(34)26-25(13-14-29-26)31-28(33)30-23-16-22(17-32(2)18-23)21-9-11-24(12-10-21)35-19-20-7-5-4-6-8-20;3-2(4,5)1(6)7/h3-14,22-23,29H,1,15-19H2,2H3,(H,30,31);(H,6,7). The number of rotatable bonds is 8. The molecular weight excluding hydrogens is 551 g/mol. The van der Waals surface area contributed by atoms with Gasteiger partial charge in [-0.3, -0.25) is 9.36 Å². The molecule has 2 aromatic carbocycles. The predicted octanol–water partition coefficient (Wildman–Crippen LogP) is 5.02. The Kier molecular flexibility index (Phi) is 9.68. The average Bonchev–Trinajstić information content (AvgIpc) is 3.43. The summed E-state index contributed by atoms with van der Waals surface area (Å²) in [6.07, 6.45) is -0.664. The molecule has 2 unspecified atom stereocenters. The Hall–Kier alpha value is -4.58. The number of carboxylic acid groups (broad SMARTS) is 1. The number of carboxylic acids is 1. The number of allylic oxidation sites excluding steroid dienone is 1. The first-order chi connectivity index (χ1) is 20.0. The van der Waals surface area contributed by atoms with Gasteiger partial charge in [-0.2, -0.15) is 13.2 Å². The summed E-state index contributed by atoms with van der Waals surface area (Å²) in [6, 6.07) is 20.6. The largest absolute Gasteiger partial charge is 0.490 e. The fourth-order valence-electron chi connectivity index (χ4n) is 4.87. The monoisotopic (exact) mass is 583 g/mol. The lowest BCUT2D eigenvalue weighted by Crippen LogP contribution is -2.44. The van der Waals surface area contributed by atoms with Crippen molar-refractivity contribution in [3.05, 3.63) is 101 Å². The van der Waals surface area contributed by atoms with Gasteiger partial charge in [0.05, 0.1) is 5.52 Å². The number of hydrogen-bond donors (Lipinski definition) is 3. The summed E-state index contributed by atoms with van der Waals surface area (Å²) in [6.45, 7) is 6.63. The summed E-state index contributed by atoms with van der Waals surface area (Å²) in [7, 11) is 2.14. The van der Waals surface area contributed by atoms with Gasteiger partial charge in [0.15, 0.2) is 0 Å². The molecule has 1 aliphatic heterocycles. The van der Waals surface area contributed by atoms with Gasteiger partial charge in [0, 0.05) is 31.9 Å². The van der Waals surface area contributed by atoms with Crippen LogP contribution in [0.25, 0.3) is 11.0 Å². The molecule has 5 rings (SSSR count). The normalized spacial score (nSPS) is 17.2. The molecule has 3 heterocycles. The number of aromatic nitrogens is 3. The number of likely N-dealkylation sites (tertiary alicyclic amines) is 1. The zero-order valence-corrected chi connectivity index (χ0v) is 23.0. The number of ether oxygens (including phenoxy) is 1. The molecule has 1 fully saturated rings. The second-order valence-electron chi connectivity index (χ2n) is 10.0. The summed E-state index contributed by atoms with van der Waals surface area (Å²) in [5.41, 5.74) is 3.54. The number of carbonyl (C=O) groups is 1. The third kappa shape index (κ3) is 7.78. The molecule has 4 aromatic rings. The molecule has 2 aromatic heterocycles. The van der Waals surface area contributed by atoms with E-state index in [9.17, 15) is 18.0 Å². The second-order valence-corrected chi connectivity index (χ2v) is 10.0. The number of anilines is 1. The number of piperidine rings is 1. The van der Waals surface area contributed by atoms with E-state index < -0.39 is 12.1 Å². The molecule has 3 N–H and O–H groups in total. The quantitative estimate of drug-likeness (QED) is 0.250. The van der Waals surface area contributed by atoms with Crippen LogP contribution in [0.15, 0.2) is 84.3 Å². The molecule has 0 saturated carbocycles. The molecule has 0 spiro atoms. The van der Waals surface area contributed by atoms with Gasteiger partial charge in [-0.15, -0.1) is 6.58 Å². The number of fused-ring (bicyclic) bond motifs is 1. The molecule has 12 heteroatoms. The van der Waals surface area contributed by atoms with Gasteiger partial charge in [0.1, 0.15) is 17.9 Å². The van der Waals surface area contributed by atoms with Gasteiger partial charge in [0.25, 0.3) is 5.56 Å². The number of likely N-dealkylation sites (N-methyl/N-ethyl adjacent to an activating group) is 1. The van der Waals surface area contributed by atoms with Crippen molar-refractivity contribution in [1.29, 1.82) is 0 Å². The Morgan fingerprint density at radius 3 is 2.50 bits per heavy atom. The van der Waals surface area contributed by atoms with Crippen LogP contribution in [0.1, 0.15) is 23.5 Å². The first kappa shape index (κ1) is 30.4. The number of H-pyrrole nitrogens is 1. The topological polar surface area (TPSA) is 112 Å². The molecule has 1 aliphatic rings. The lowest BCUT2D eigenvalue weighted by atomic mass is 9.88. The SMILES string of the molecule is C=CCn1c(NC2CC(c3ccc(OCc4ccccc4)cc3)CN(C)C2)nc2cc[nH]c2c1=O.O=C(O)C(F)(F)F. The lowest BCUT2D eigenvalue weighted by molar-refractivity contribution is -0.192. The fourth-order valence-corrected chi connectivity index (χ4v) is 4.87. The third-order valence-electron chi connectivity index (χ3n) is 6.79. The van der Waals surface area contributed by atoms with Gasteiger partial charge in [0.2, 0.25) is 5.95 Å². The maximum Gasteiger partial charge on any atom is 0.490 e. The second kappa shape index (κ2) is 13.4. The van der Waals surface area contributed by atoms with E-state index in [1.54, 1.807) is 16.8 Å². The molecule has 222 valence electrons. The highest BCUT2D eigenvalue weighted by molar-refractivity contribution is 5.75. The number of benzene rings is 2. The van der Waals surface area contributed by atoms with Crippen molar-refractivity contribution >= 4 is 23.0 Å². The third-order valence-corrected chi connectivity index (χ3v) is 6.79. The van der Waals surface area contributed by atoms with E-state index in [0.29, 0.717) is 36.1 Å². The van der Waals surface area contributed by atoms with Crippen molar-refractivity contribution in [2.45, 2.75) is 37.7 Å². The van der Waals surface area contributed by atoms with Crippen LogP contribution in [0.5, 0.6) is 5.75 Å². The van der Waals surface area contributed by atoms with Gasteiger partial charge in [-0.05, 0) is 48.7 Å². The van der Waals surface area contributed by atoms with Crippen molar-refractivity contribution in [3.63, 3.8) is 0 Å². The Balaban J connectivity index is 0.000000517. The van der Waals surface area contributed by atoms with E-state index in [0.717, 1.165) is 30.8 Å². The Morgan fingerprint density at radius 1 is 1.17 bits per heavy atom. The molecule has 0 radical (unpaired) electrons. The van der Waals surface area contributed by atoms with Crippen LogP contribution >= 0.6 is 0 Å². The Labute approximate surface area is 240 Å². The number of aromatic amines is 1. The minimum atomic E-state index is -5.08. The van der Waals surface area contributed by atoms with E-state index in [1.165, 1.54) is 5.56 Å². The molecule has 0 aliphatic carbocycles. The van der Waals surface area contributed by atoms with Crippen molar-refractivity contribution in [3.8, 4) is 5.75 Å². The molecule has 0 amide bonds. The minimum Gasteiger partial charge on any atom is -0.489 e. The van der Waals surface area contributed by atoms with Gasteiger partial charge in [-0.25, -0.2) is 9.78 Å². The fraction of sp³-hybridized carbons (Fsp3) is 0.300. The number of halogens is 3. The summed E-state index contributed by atoms with van der Waals surface area (Å²) in [4.78, 5) is 31.9. The van der Waals surface area contributed by atoms with E-state index in [1.807, 2.05) is 24.3 Å². The molecular formula is C30H32F3N5O4. The zero-order chi connectivity index (χ0) is 30.3. The van der Waals surface area contributed by atoms with E-state index in [2.05, 4.69) is 65.2 Å². The smallest absolute Gasteiger partial charge is 0.489 e. The Morgan fingerprint density at radius 2 is 1.86 bits per heavy atom. The Bertz CT molecular complexity index is 1550. The van der Waals surface area contributed by atoms with E-state index in [4.69, 9.17) is 19.6 Å². The van der Waals surface area contributed by atoms with E-state index in [-0.39, 0.29) is 11.6 Å². The molecule has 42 heavy (non-hydrogen) atoms. The lowest BCUT2D eigenvalue weighted by Gasteiger charge is -2.36. The van der Waals surface area contributed by atoms with Crippen LogP contribution in [0.3, 0.4) is 0 Å². The van der Waals surface area contributed by atoms with Crippen LogP contribution in [-0.4, -0.2) is 62.9 Å². The van der Waals surface area contributed by atoms with Crippen LogP contribution in [0.2, 0.25) is 0 Å². The molecule has 2 atom stereocenters. The summed E-state index contributed by atoms with van der Waals surface area (Å²) < 4.78 is 39.3. The van der Waals surface area contributed by atoms with Crippen molar-refractivity contribution < 1.29 is 27.8 Å². The van der Waals surface area contributed by atoms with Crippen LogP contribution in [0.4, 0.5) is 19.1 Å². The summed E-state index contributed by atoms with van der Waals surface area (Å²) in [5.74, 6) is -0.933. The summed E-state index contributed by atoms with van der Waals surface area (Å²) in [5, 5.41) is 10.7.